The Morgan fingerprint density at radius 3 is 2.62 bits per heavy atom. The van der Waals surface area contributed by atoms with Gasteiger partial charge in [-0.15, -0.1) is 0 Å². The zero-order valence-corrected chi connectivity index (χ0v) is 14.6. The van der Waals surface area contributed by atoms with E-state index in [9.17, 15) is 9.59 Å². The number of amides is 2. The number of anilines is 2. The van der Waals surface area contributed by atoms with Crippen LogP contribution in [0.4, 0.5) is 11.4 Å². The Morgan fingerprint density at radius 2 is 1.92 bits per heavy atom. The molecule has 2 aromatic rings. The third-order valence-corrected chi connectivity index (χ3v) is 4.59. The van der Waals surface area contributed by atoms with Crippen molar-refractivity contribution in [2.45, 2.75) is 33.2 Å². The van der Waals surface area contributed by atoms with Crippen molar-refractivity contribution in [3.8, 4) is 0 Å². The molecule has 2 amide bonds. The molecule has 1 atom stereocenters. The molecule has 1 heterocycles. The fourth-order valence-corrected chi connectivity index (χ4v) is 3.59. The lowest BCUT2D eigenvalue weighted by Gasteiger charge is -2.22. The van der Waals surface area contributed by atoms with Gasteiger partial charge in [0.2, 0.25) is 0 Å². The van der Waals surface area contributed by atoms with Crippen LogP contribution in [0.1, 0.15) is 23.6 Å². The molecule has 0 saturated heterocycles. The van der Waals surface area contributed by atoms with E-state index in [0.717, 1.165) is 28.8 Å². The minimum Gasteiger partial charge on any atom is -0.316 e. The fourth-order valence-electron chi connectivity index (χ4n) is 3.23. The molecule has 1 aliphatic rings. The number of fused-ring (bicyclic) bond motifs is 1. The van der Waals surface area contributed by atoms with Crippen molar-refractivity contribution in [3.05, 3.63) is 58.1 Å². The number of hydrogen-bond donors (Lipinski definition) is 1. The SMILES string of the molecule is Cc1cc(C)c(NC(=O)C(=O)N2c3ccccc3CC2C)c(Cl)c1. The Morgan fingerprint density at radius 1 is 1.21 bits per heavy atom. The molecule has 0 bridgehead atoms. The summed E-state index contributed by atoms with van der Waals surface area (Å²) in [6.07, 6.45) is 0.750. The lowest BCUT2D eigenvalue weighted by Crippen LogP contribution is -2.43. The summed E-state index contributed by atoms with van der Waals surface area (Å²) in [4.78, 5) is 26.7. The first kappa shape index (κ1) is 16.5. The van der Waals surface area contributed by atoms with Gasteiger partial charge >= 0.3 is 11.8 Å². The predicted octanol–water partition coefficient (Wildman–Crippen LogP) is 3.87. The Hall–Kier alpha value is -2.33. The predicted molar refractivity (Wildman–Crippen MR) is 96.6 cm³/mol. The first-order valence-corrected chi connectivity index (χ1v) is 8.25. The first-order valence-electron chi connectivity index (χ1n) is 7.87. The van der Waals surface area contributed by atoms with Gasteiger partial charge in [-0.05, 0) is 56.0 Å². The lowest BCUT2D eigenvalue weighted by atomic mass is 10.1. The molecule has 1 unspecified atom stereocenters. The highest BCUT2D eigenvalue weighted by atomic mass is 35.5. The Kier molecular flexibility index (Phi) is 4.33. The highest BCUT2D eigenvalue weighted by molar-refractivity contribution is 6.45. The number of benzene rings is 2. The van der Waals surface area contributed by atoms with E-state index in [1.54, 1.807) is 11.0 Å². The van der Waals surface area contributed by atoms with E-state index in [4.69, 9.17) is 11.6 Å². The van der Waals surface area contributed by atoms with Gasteiger partial charge in [-0.1, -0.05) is 35.9 Å². The van der Waals surface area contributed by atoms with Crippen LogP contribution in [0.25, 0.3) is 0 Å². The summed E-state index contributed by atoms with van der Waals surface area (Å²) < 4.78 is 0. The van der Waals surface area contributed by atoms with Crippen LogP contribution in [0.15, 0.2) is 36.4 Å². The normalized spacial score (nSPS) is 16.0. The van der Waals surface area contributed by atoms with E-state index >= 15 is 0 Å². The van der Waals surface area contributed by atoms with E-state index < -0.39 is 11.8 Å². The second-order valence-corrected chi connectivity index (χ2v) is 6.66. The van der Waals surface area contributed by atoms with Gasteiger partial charge in [-0.2, -0.15) is 0 Å². The van der Waals surface area contributed by atoms with Crippen LogP contribution in [-0.2, 0) is 16.0 Å². The highest BCUT2D eigenvalue weighted by Crippen LogP contribution is 2.32. The van der Waals surface area contributed by atoms with Crippen LogP contribution in [0.3, 0.4) is 0 Å². The molecule has 0 spiro atoms. The maximum Gasteiger partial charge on any atom is 0.316 e. The molecule has 0 aliphatic carbocycles. The Labute approximate surface area is 146 Å². The average Bonchev–Trinajstić information content (AvgIpc) is 2.85. The molecular formula is C19H19ClN2O2. The molecule has 1 aliphatic heterocycles. The maximum atomic E-state index is 12.7. The Bertz CT molecular complexity index is 809. The third-order valence-electron chi connectivity index (χ3n) is 4.29. The summed E-state index contributed by atoms with van der Waals surface area (Å²) in [7, 11) is 0. The van der Waals surface area contributed by atoms with Crippen molar-refractivity contribution in [2.24, 2.45) is 0 Å². The number of aryl methyl sites for hydroxylation is 2. The number of carbonyl (C=O) groups is 2. The van der Waals surface area contributed by atoms with E-state index in [-0.39, 0.29) is 6.04 Å². The van der Waals surface area contributed by atoms with Crippen molar-refractivity contribution in [1.82, 2.24) is 0 Å². The number of rotatable bonds is 1. The molecule has 0 saturated carbocycles. The van der Waals surface area contributed by atoms with Crippen molar-refractivity contribution in [3.63, 3.8) is 0 Å². The minimum absolute atomic E-state index is 0.0461. The van der Waals surface area contributed by atoms with Crippen LogP contribution >= 0.6 is 11.6 Å². The second-order valence-electron chi connectivity index (χ2n) is 6.25. The zero-order valence-electron chi connectivity index (χ0n) is 13.9. The van der Waals surface area contributed by atoms with Gasteiger partial charge in [0.05, 0.1) is 10.7 Å². The van der Waals surface area contributed by atoms with Crippen molar-refractivity contribution < 1.29 is 9.59 Å². The van der Waals surface area contributed by atoms with Gasteiger partial charge in [0.25, 0.3) is 0 Å². The fraction of sp³-hybridized carbons (Fsp3) is 0.263. The summed E-state index contributed by atoms with van der Waals surface area (Å²) in [6, 6.07) is 11.3. The number of para-hydroxylation sites is 1. The molecule has 0 aromatic heterocycles. The van der Waals surface area contributed by atoms with Gasteiger partial charge in [-0.25, -0.2) is 0 Å². The summed E-state index contributed by atoms with van der Waals surface area (Å²) in [6.45, 7) is 5.72. The van der Waals surface area contributed by atoms with Crippen LogP contribution < -0.4 is 10.2 Å². The van der Waals surface area contributed by atoms with E-state index in [1.165, 1.54) is 0 Å². The molecule has 124 valence electrons. The highest BCUT2D eigenvalue weighted by Gasteiger charge is 2.34. The standard InChI is InChI=1S/C19H19ClN2O2/c1-11-8-12(2)17(15(20)9-11)21-18(23)19(24)22-13(3)10-14-6-4-5-7-16(14)22/h4-9,13H,10H2,1-3H3,(H,21,23). The number of hydrogen-bond acceptors (Lipinski definition) is 2. The molecule has 1 N–H and O–H groups in total. The van der Waals surface area contributed by atoms with E-state index in [1.807, 2.05) is 51.1 Å². The van der Waals surface area contributed by atoms with Gasteiger partial charge in [0, 0.05) is 11.7 Å². The first-order chi connectivity index (χ1) is 11.4. The molecule has 3 rings (SSSR count). The van der Waals surface area contributed by atoms with Crippen LogP contribution in [0.2, 0.25) is 5.02 Å². The molecule has 2 aromatic carbocycles. The monoisotopic (exact) mass is 342 g/mol. The summed E-state index contributed by atoms with van der Waals surface area (Å²) in [5.41, 5.74) is 4.20. The molecular weight excluding hydrogens is 324 g/mol. The van der Waals surface area contributed by atoms with Crippen molar-refractivity contribution in [1.29, 1.82) is 0 Å². The molecule has 24 heavy (non-hydrogen) atoms. The lowest BCUT2D eigenvalue weighted by molar-refractivity contribution is -0.134. The molecule has 0 radical (unpaired) electrons. The van der Waals surface area contributed by atoms with Crippen molar-refractivity contribution in [2.75, 3.05) is 10.2 Å². The third kappa shape index (κ3) is 2.89. The van der Waals surface area contributed by atoms with Crippen LogP contribution in [0.5, 0.6) is 0 Å². The topological polar surface area (TPSA) is 49.4 Å². The number of nitrogens with one attached hydrogen (secondary N) is 1. The maximum absolute atomic E-state index is 12.7. The van der Waals surface area contributed by atoms with E-state index in [2.05, 4.69) is 5.32 Å². The molecule has 4 nitrogen and oxygen atoms in total. The summed E-state index contributed by atoms with van der Waals surface area (Å²) in [5, 5.41) is 3.11. The summed E-state index contributed by atoms with van der Waals surface area (Å²) >= 11 is 6.21. The minimum atomic E-state index is -0.674. The number of carbonyl (C=O) groups excluding carboxylic acids is 2. The Balaban J connectivity index is 1.85. The molecule has 5 heteroatoms. The van der Waals surface area contributed by atoms with E-state index in [0.29, 0.717) is 10.7 Å². The largest absolute Gasteiger partial charge is 0.316 e. The smallest absolute Gasteiger partial charge is 0.316 e. The molecule has 0 fully saturated rings. The van der Waals surface area contributed by atoms with Crippen molar-refractivity contribution >= 4 is 34.8 Å². The van der Waals surface area contributed by atoms with Gasteiger partial charge in [0.1, 0.15) is 0 Å². The average molecular weight is 343 g/mol. The quantitative estimate of drug-likeness (QED) is 0.800. The van der Waals surface area contributed by atoms with Crippen LogP contribution in [0, 0.1) is 13.8 Å². The number of halogens is 1. The zero-order chi connectivity index (χ0) is 17.4. The summed E-state index contributed by atoms with van der Waals surface area (Å²) in [5.74, 6) is -1.24. The van der Waals surface area contributed by atoms with Gasteiger partial charge < -0.3 is 10.2 Å². The van der Waals surface area contributed by atoms with Gasteiger partial charge in [-0.3, -0.25) is 9.59 Å². The van der Waals surface area contributed by atoms with Gasteiger partial charge in [0.15, 0.2) is 0 Å². The van der Waals surface area contributed by atoms with Crippen LogP contribution in [-0.4, -0.2) is 17.9 Å². The number of nitrogens with zero attached hydrogens (tertiary/aromatic N) is 1. The second kappa shape index (κ2) is 6.29.